The number of carbonyl (C=O) groups excluding carboxylic acids is 1. The van der Waals surface area contributed by atoms with Crippen LogP contribution in [-0.4, -0.2) is 17.3 Å². The first-order valence-corrected chi connectivity index (χ1v) is 8.66. The summed E-state index contributed by atoms with van der Waals surface area (Å²) in [6, 6.07) is 20.3. The Bertz CT molecular complexity index is 997. The quantitative estimate of drug-likeness (QED) is 0.505. The number of benzene rings is 3. The van der Waals surface area contributed by atoms with Crippen LogP contribution in [0.25, 0.3) is 0 Å². The van der Waals surface area contributed by atoms with Crippen LogP contribution < -0.4 is 0 Å². The zero-order chi connectivity index (χ0) is 19.0. The Kier molecular flexibility index (Phi) is 4.28. The highest BCUT2D eigenvalue weighted by Crippen LogP contribution is 2.45. The maximum absolute atomic E-state index is 13.9. The first-order valence-electron chi connectivity index (χ1n) is 8.66. The molecule has 134 valence electrons. The molecule has 0 saturated heterocycles. The average Bonchev–Trinajstić information content (AvgIpc) is 2.67. The fourth-order valence-corrected chi connectivity index (χ4v) is 4.00. The zero-order valence-corrected chi connectivity index (χ0v) is 14.3. The minimum atomic E-state index is -0.592. The van der Waals surface area contributed by atoms with Gasteiger partial charge in [0.25, 0.3) is 0 Å². The molecule has 0 bridgehead atoms. The number of ketones is 1. The molecule has 0 saturated carbocycles. The number of hydrogen-bond acceptors (Lipinski definition) is 3. The van der Waals surface area contributed by atoms with Crippen LogP contribution in [-0.2, 0) is 0 Å². The third kappa shape index (κ3) is 3.01. The lowest BCUT2D eigenvalue weighted by Crippen LogP contribution is -2.27. The molecule has 5 heteroatoms. The molecule has 3 aromatic rings. The molecule has 4 rings (SSSR count). The predicted octanol–water partition coefficient (Wildman–Crippen LogP) is 4.56. The highest BCUT2D eigenvalue weighted by Gasteiger charge is 2.38. The number of fused-ring (bicyclic) bond motifs is 2. The first kappa shape index (κ1) is 17.1. The Labute approximate surface area is 155 Å². The van der Waals surface area contributed by atoms with E-state index in [4.69, 9.17) is 0 Å². The van der Waals surface area contributed by atoms with Crippen molar-refractivity contribution in [1.29, 1.82) is 0 Å². The van der Waals surface area contributed by atoms with E-state index < -0.39 is 17.7 Å². The van der Waals surface area contributed by atoms with Gasteiger partial charge in [-0.25, -0.2) is 4.39 Å². The van der Waals surface area contributed by atoms with Gasteiger partial charge in [-0.2, -0.15) is 0 Å². The minimum absolute atomic E-state index is 0.0865. The second-order valence-corrected chi connectivity index (χ2v) is 6.66. The summed E-state index contributed by atoms with van der Waals surface area (Å²) in [4.78, 5) is 24.0. The van der Waals surface area contributed by atoms with Crippen LogP contribution in [0.15, 0.2) is 72.8 Å². The summed E-state index contributed by atoms with van der Waals surface area (Å²) in [5, 5.41) is 11.4. The van der Waals surface area contributed by atoms with Crippen molar-refractivity contribution < 1.29 is 14.1 Å². The van der Waals surface area contributed by atoms with E-state index >= 15 is 0 Å². The number of halogens is 1. The molecule has 1 atom stereocenters. The van der Waals surface area contributed by atoms with E-state index in [1.807, 2.05) is 24.3 Å². The van der Waals surface area contributed by atoms with Gasteiger partial charge in [-0.1, -0.05) is 60.7 Å². The van der Waals surface area contributed by atoms with Crippen LogP contribution in [0.2, 0.25) is 0 Å². The second kappa shape index (κ2) is 6.76. The van der Waals surface area contributed by atoms with Gasteiger partial charge in [0, 0.05) is 22.0 Å². The smallest absolute Gasteiger partial charge is 0.211 e. The summed E-state index contributed by atoms with van der Waals surface area (Å²) in [6.45, 7) is -0.356. The SMILES string of the molecule is O=C1c2ccccc2C(C(C[N+](=O)[O-])c2cccc(F)c2)c2ccccc21. The first-order chi connectivity index (χ1) is 13.1. The molecule has 1 unspecified atom stereocenters. The summed E-state index contributed by atoms with van der Waals surface area (Å²) >= 11 is 0. The lowest BCUT2D eigenvalue weighted by molar-refractivity contribution is -0.483. The molecular formula is C22H16FNO3. The molecule has 0 aromatic heterocycles. The summed E-state index contributed by atoms with van der Waals surface area (Å²) < 4.78 is 13.9. The van der Waals surface area contributed by atoms with E-state index in [2.05, 4.69) is 0 Å². The molecule has 4 nitrogen and oxygen atoms in total. The van der Waals surface area contributed by atoms with Crippen LogP contribution >= 0.6 is 0 Å². The summed E-state index contributed by atoms with van der Waals surface area (Å²) in [6.07, 6.45) is 0. The van der Waals surface area contributed by atoms with Gasteiger partial charge in [-0.15, -0.1) is 0 Å². The van der Waals surface area contributed by atoms with Crippen molar-refractivity contribution in [2.24, 2.45) is 0 Å². The van der Waals surface area contributed by atoms with Crippen LogP contribution in [0.5, 0.6) is 0 Å². The van der Waals surface area contributed by atoms with Crippen molar-refractivity contribution in [2.75, 3.05) is 6.54 Å². The van der Waals surface area contributed by atoms with Gasteiger partial charge in [-0.3, -0.25) is 14.9 Å². The molecule has 27 heavy (non-hydrogen) atoms. The normalized spacial score (nSPS) is 14.3. The van der Waals surface area contributed by atoms with E-state index in [0.717, 1.165) is 11.1 Å². The van der Waals surface area contributed by atoms with E-state index in [9.17, 15) is 19.3 Å². The van der Waals surface area contributed by atoms with Gasteiger partial charge in [0.2, 0.25) is 6.54 Å². The Hall–Kier alpha value is -3.34. The summed E-state index contributed by atoms with van der Waals surface area (Å²) in [5.41, 5.74) is 3.14. The van der Waals surface area contributed by atoms with Gasteiger partial charge in [0.15, 0.2) is 5.78 Å². The number of nitrogens with zero attached hydrogens (tertiary/aromatic N) is 1. The molecule has 0 heterocycles. The van der Waals surface area contributed by atoms with Crippen LogP contribution in [0.4, 0.5) is 4.39 Å². The molecule has 0 fully saturated rings. The van der Waals surface area contributed by atoms with E-state index in [0.29, 0.717) is 16.7 Å². The fraction of sp³-hybridized carbons (Fsp3) is 0.136. The lowest BCUT2D eigenvalue weighted by atomic mass is 9.70. The maximum atomic E-state index is 13.9. The lowest BCUT2D eigenvalue weighted by Gasteiger charge is -2.32. The minimum Gasteiger partial charge on any atom is -0.289 e. The van der Waals surface area contributed by atoms with Crippen LogP contribution in [0, 0.1) is 15.9 Å². The highest BCUT2D eigenvalue weighted by molar-refractivity contribution is 6.12. The van der Waals surface area contributed by atoms with Crippen LogP contribution in [0.3, 0.4) is 0 Å². The van der Waals surface area contributed by atoms with Gasteiger partial charge < -0.3 is 0 Å². The predicted molar refractivity (Wildman–Crippen MR) is 99.2 cm³/mol. The molecule has 1 aliphatic rings. The Balaban J connectivity index is 1.96. The van der Waals surface area contributed by atoms with Crippen molar-refractivity contribution in [3.8, 4) is 0 Å². The van der Waals surface area contributed by atoms with Crippen molar-refractivity contribution in [3.63, 3.8) is 0 Å². The largest absolute Gasteiger partial charge is 0.289 e. The summed E-state index contributed by atoms with van der Waals surface area (Å²) in [7, 11) is 0. The van der Waals surface area contributed by atoms with Gasteiger partial charge in [-0.05, 0) is 28.8 Å². The molecule has 0 aliphatic heterocycles. The van der Waals surface area contributed by atoms with Gasteiger partial charge in [0.05, 0.1) is 5.92 Å². The topological polar surface area (TPSA) is 60.2 Å². The number of carbonyl (C=O) groups is 1. The average molecular weight is 361 g/mol. The van der Waals surface area contributed by atoms with E-state index in [1.54, 1.807) is 36.4 Å². The molecule has 3 aromatic carbocycles. The van der Waals surface area contributed by atoms with Crippen molar-refractivity contribution in [3.05, 3.63) is 117 Å². The van der Waals surface area contributed by atoms with Gasteiger partial charge in [0.1, 0.15) is 5.82 Å². The number of hydrogen-bond donors (Lipinski definition) is 0. The fourth-order valence-electron chi connectivity index (χ4n) is 4.00. The van der Waals surface area contributed by atoms with E-state index in [-0.39, 0.29) is 17.3 Å². The van der Waals surface area contributed by atoms with Crippen LogP contribution in [0.1, 0.15) is 44.4 Å². The molecule has 0 spiro atoms. The van der Waals surface area contributed by atoms with Crippen molar-refractivity contribution in [1.82, 2.24) is 0 Å². The molecule has 1 aliphatic carbocycles. The van der Waals surface area contributed by atoms with Gasteiger partial charge >= 0.3 is 0 Å². The molecular weight excluding hydrogens is 345 g/mol. The standard InChI is InChI=1S/C22H16FNO3/c23-15-7-5-6-14(12-15)20(13-24(26)27)21-16-8-1-3-10-18(16)22(25)19-11-4-2-9-17(19)21/h1-12,20-21H,13H2. The zero-order valence-electron chi connectivity index (χ0n) is 14.3. The molecule has 0 N–H and O–H groups in total. The highest BCUT2D eigenvalue weighted by atomic mass is 19.1. The van der Waals surface area contributed by atoms with E-state index in [1.165, 1.54) is 12.1 Å². The Morgan fingerprint density at radius 1 is 0.926 bits per heavy atom. The third-order valence-electron chi connectivity index (χ3n) is 5.11. The summed E-state index contributed by atoms with van der Waals surface area (Å²) in [5.74, 6) is -1.51. The maximum Gasteiger partial charge on any atom is 0.211 e. The third-order valence-corrected chi connectivity index (χ3v) is 5.11. The monoisotopic (exact) mass is 361 g/mol. The molecule has 0 amide bonds. The Morgan fingerprint density at radius 2 is 1.52 bits per heavy atom. The Morgan fingerprint density at radius 3 is 2.07 bits per heavy atom. The number of nitro groups is 1. The molecule has 0 radical (unpaired) electrons. The van der Waals surface area contributed by atoms with Crippen molar-refractivity contribution in [2.45, 2.75) is 11.8 Å². The second-order valence-electron chi connectivity index (χ2n) is 6.66. The number of rotatable bonds is 4. The van der Waals surface area contributed by atoms with Crippen molar-refractivity contribution >= 4 is 5.78 Å².